The predicted molar refractivity (Wildman–Crippen MR) is 64.1 cm³/mol. The predicted octanol–water partition coefficient (Wildman–Crippen LogP) is 1.97. The van der Waals surface area contributed by atoms with E-state index >= 15 is 0 Å². The number of phenols is 2. The van der Waals surface area contributed by atoms with Crippen LogP contribution in [0.15, 0.2) is 18.2 Å². The molecule has 0 radical (unpaired) electrons. The van der Waals surface area contributed by atoms with Gasteiger partial charge in [-0.1, -0.05) is 13.8 Å². The lowest BCUT2D eigenvalue weighted by atomic mass is 9.93. The number of carbonyl (C=O) groups excluding carboxylic acids is 1. The molecule has 1 aliphatic heterocycles. The first-order chi connectivity index (χ1) is 7.89. The molecule has 4 nitrogen and oxygen atoms in total. The number of hydrogen-bond acceptors (Lipinski definition) is 3. The maximum atomic E-state index is 12.2. The van der Waals surface area contributed by atoms with Gasteiger partial charge in [-0.05, 0) is 24.0 Å². The molecule has 1 aliphatic rings. The smallest absolute Gasteiger partial charge is 0.257 e. The normalized spacial score (nSPS) is 18.4. The van der Waals surface area contributed by atoms with Crippen LogP contribution in [0.2, 0.25) is 0 Å². The maximum absolute atomic E-state index is 12.2. The lowest BCUT2D eigenvalue weighted by molar-refractivity contribution is 0.0775. The van der Waals surface area contributed by atoms with Crippen molar-refractivity contribution in [1.82, 2.24) is 4.90 Å². The minimum Gasteiger partial charge on any atom is -0.508 e. The number of phenolic OH excluding ortho intramolecular Hbond substituents is 2. The third-order valence-electron chi connectivity index (χ3n) is 3.18. The van der Waals surface area contributed by atoms with Gasteiger partial charge < -0.3 is 15.1 Å². The second-order valence-electron chi connectivity index (χ2n) is 5.34. The third-order valence-corrected chi connectivity index (χ3v) is 3.18. The van der Waals surface area contributed by atoms with Gasteiger partial charge in [-0.2, -0.15) is 0 Å². The molecule has 2 N–H and O–H groups in total. The first kappa shape index (κ1) is 11.8. The van der Waals surface area contributed by atoms with E-state index in [0.717, 1.165) is 6.42 Å². The van der Waals surface area contributed by atoms with E-state index in [2.05, 4.69) is 13.8 Å². The molecule has 17 heavy (non-hydrogen) atoms. The Morgan fingerprint density at radius 3 is 2.59 bits per heavy atom. The molecule has 1 heterocycles. The lowest BCUT2D eigenvalue weighted by Gasteiger charge is -2.20. The van der Waals surface area contributed by atoms with Crippen LogP contribution in [-0.4, -0.2) is 34.1 Å². The number of likely N-dealkylation sites (tertiary alicyclic amines) is 1. The van der Waals surface area contributed by atoms with E-state index in [9.17, 15) is 15.0 Å². The molecule has 92 valence electrons. The second kappa shape index (κ2) is 3.95. The summed E-state index contributed by atoms with van der Waals surface area (Å²) in [7, 11) is 0. The van der Waals surface area contributed by atoms with Crippen LogP contribution in [0.5, 0.6) is 11.5 Å². The Morgan fingerprint density at radius 1 is 1.35 bits per heavy atom. The minimum absolute atomic E-state index is 0.0409. The van der Waals surface area contributed by atoms with Crippen molar-refractivity contribution < 1.29 is 15.0 Å². The molecule has 1 saturated heterocycles. The van der Waals surface area contributed by atoms with Crippen molar-refractivity contribution in [3.05, 3.63) is 23.8 Å². The molecule has 2 rings (SSSR count). The Morgan fingerprint density at radius 2 is 2.06 bits per heavy atom. The molecule has 1 aromatic carbocycles. The molecule has 0 spiro atoms. The highest BCUT2D eigenvalue weighted by atomic mass is 16.3. The number of amides is 1. The highest BCUT2D eigenvalue weighted by Crippen LogP contribution is 2.31. The molecular weight excluding hydrogens is 218 g/mol. The third kappa shape index (κ3) is 2.35. The average Bonchev–Trinajstić information content (AvgIpc) is 2.58. The Labute approximate surface area is 100 Å². The Balaban J connectivity index is 2.21. The van der Waals surface area contributed by atoms with E-state index in [1.807, 2.05) is 0 Å². The molecule has 4 heteroatoms. The molecule has 0 bridgehead atoms. The van der Waals surface area contributed by atoms with Crippen molar-refractivity contribution in [1.29, 1.82) is 0 Å². The van der Waals surface area contributed by atoms with E-state index in [4.69, 9.17) is 0 Å². The van der Waals surface area contributed by atoms with Crippen molar-refractivity contribution in [2.24, 2.45) is 5.41 Å². The van der Waals surface area contributed by atoms with Crippen LogP contribution in [0.1, 0.15) is 30.6 Å². The van der Waals surface area contributed by atoms with Gasteiger partial charge in [0.15, 0.2) is 0 Å². The number of nitrogens with zero attached hydrogens (tertiary/aromatic N) is 1. The van der Waals surface area contributed by atoms with Crippen LogP contribution in [-0.2, 0) is 0 Å². The van der Waals surface area contributed by atoms with E-state index < -0.39 is 0 Å². The zero-order valence-corrected chi connectivity index (χ0v) is 10.1. The fraction of sp³-hybridized carbons (Fsp3) is 0.462. The Hall–Kier alpha value is -1.71. The highest BCUT2D eigenvalue weighted by Gasteiger charge is 2.33. The zero-order chi connectivity index (χ0) is 12.6. The Bertz CT molecular complexity index is 454. The molecule has 0 aliphatic carbocycles. The number of hydrogen-bond donors (Lipinski definition) is 2. The van der Waals surface area contributed by atoms with E-state index in [-0.39, 0.29) is 28.4 Å². The second-order valence-corrected chi connectivity index (χ2v) is 5.34. The number of benzene rings is 1. The number of aromatic hydroxyl groups is 2. The first-order valence-electron chi connectivity index (χ1n) is 5.70. The first-order valence-corrected chi connectivity index (χ1v) is 5.70. The molecular formula is C13H17NO3. The van der Waals surface area contributed by atoms with Crippen molar-refractivity contribution >= 4 is 5.91 Å². The van der Waals surface area contributed by atoms with Gasteiger partial charge in [-0.15, -0.1) is 0 Å². The summed E-state index contributed by atoms with van der Waals surface area (Å²) in [4.78, 5) is 13.9. The van der Waals surface area contributed by atoms with Crippen LogP contribution in [0, 0.1) is 5.41 Å². The van der Waals surface area contributed by atoms with Crippen molar-refractivity contribution in [2.45, 2.75) is 20.3 Å². The summed E-state index contributed by atoms with van der Waals surface area (Å²) in [6, 6.07) is 4.06. The zero-order valence-electron chi connectivity index (χ0n) is 10.1. The van der Waals surface area contributed by atoms with Crippen molar-refractivity contribution in [3.8, 4) is 11.5 Å². The monoisotopic (exact) mass is 235 g/mol. The standard InChI is InChI=1S/C13H17NO3/c1-13(2)5-6-14(8-13)12(17)10-4-3-9(15)7-11(10)16/h3-4,7,15-16H,5-6,8H2,1-2H3. The quantitative estimate of drug-likeness (QED) is 0.782. The summed E-state index contributed by atoms with van der Waals surface area (Å²) in [5.41, 5.74) is 0.392. The van der Waals surface area contributed by atoms with Gasteiger partial charge in [0, 0.05) is 19.2 Å². The lowest BCUT2D eigenvalue weighted by Crippen LogP contribution is -2.30. The topological polar surface area (TPSA) is 60.8 Å². The highest BCUT2D eigenvalue weighted by molar-refractivity contribution is 5.97. The fourth-order valence-electron chi connectivity index (χ4n) is 2.16. The van der Waals surface area contributed by atoms with E-state index in [1.165, 1.54) is 18.2 Å². The fourth-order valence-corrected chi connectivity index (χ4v) is 2.16. The van der Waals surface area contributed by atoms with Gasteiger partial charge in [0.05, 0.1) is 5.56 Å². The number of rotatable bonds is 1. The largest absolute Gasteiger partial charge is 0.508 e. The van der Waals surface area contributed by atoms with Crippen molar-refractivity contribution in [2.75, 3.05) is 13.1 Å². The van der Waals surface area contributed by atoms with E-state index in [1.54, 1.807) is 4.90 Å². The minimum atomic E-state index is -0.173. The van der Waals surface area contributed by atoms with Gasteiger partial charge >= 0.3 is 0 Å². The van der Waals surface area contributed by atoms with Gasteiger partial charge in [-0.3, -0.25) is 4.79 Å². The Kier molecular flexibility index (Phi) is 2.73. The van der Waals surface area contributed by atoms with Crippen LogP contribution < -0.4 is 0 Å². The van der Waals surface area contributed by atoms with Gasteiger partial charge in [0.1, 0.15) is 11.5 Å². The molecule has 1 amide bonds. The van der Waals surface area contributed by atoms with Crippen LogP contribution in [0.4, 0.5) is 0 Å². The molecule has 0 unspecified atom stereocenters. The average molecular weight is 235 g/mol. The number of carbonyl (C=O) groups is 1. The SMILES string of the molecule is CC1(C)CCN(C(=O)c2ccc(O)cc2O)C1. The maximum Gasteiger partial charge on any atom is 0.257 e. The summed E-state index contributed by atoms with van der Waals surface area (Å²) in [5.74, 6) is -0.381. The van der Waals surface area contributed by atoms with Gasteiger partial charge in [0.2, 0.25) is 0 Å². The molecule has 0 aromatic heterocycles. The van der Waals surface area contributed by atoms with Gasteiger partial charge in [0.25, 0.3) is 5.91 Å². The summed E-state index contributed by atoms with van der Waals surface area (Å²) in [6.45, 7) is 5.66. The van der Waals surface area contributed by atoms with Gasteiger partial charge in [-0.25, -0.2) is 0 Å². The summed E-state index contributed by atoms with van der Waals surface area (Å²) >= 11 is 0. The summed E-state index contributed by atoms with van der Waals surface area (Å²) in [6.07, 6.45) is 0.970. The van der Waals surface area contributed by atoms with E-state index in [0.29, 0.717) is 13.1 Å². The van der Waals surface area contributed by atoms with Crippen LogP contribution in [0.3, 0.4) is 0 Å². The summed E-state index contributed by atoms with van der Waals surface area (Å²) in [5, 5.41) is 18.8. The molecule has 0 saturated carbocycles. The molecule has 0 atom stereocenters. The van der Waals surface area contributed by atoms with Crippen molar-refractivity contribution in [3.63, 3.8) is 0 Å². The summed E-state index contributed by atoms with van der Waals surface area (Å²) < 4.78 is 0. The van der Waals surface area contributed by atoms with Crippen LogP contribution in [0.25, 0.3) is 0 Å². The van der Waals surface area contributed by atoms with Crippen LogP contribution >= 0.6 is 0 Å². The molecule has 1 fully saturated rings. The molecule has 1 aromatic rings.